The first-order valence-electron chi connectivity index (χ1n) is 11.0. The average Bonchev–Trinajstić information content (AvgIpc) is 2.85. The number of hydrogen-bond acceptors (Lipinski definition) is 4. The van der Waals surface area contributed by atoms with Gasteiger partial charge in [0.2, 0.25) is 0 Å². The SMILES string of the molecule is C#CCN(CC(F)(F)F)c1ccc(C#N)c(C(F)(F)F)c1.N#Cc1ccc(N(CCF)CC(F)(F)F)cc1C(F)(F)F. The number of terminal acetylenes is 1. The summed E-state index contributed by atoms with van der Waals surface area (Å²) in [5, 5.41) is 17.2. The Labute approximate surface area is 230 Å². The minimum Gasteiger partial charge on any atom is -0.360 e. The van der Waals surface area contributed by atoms with Crippen molar-refractivity contribution in [3.8, 4) is 24.5 Å². The Hall–Kier alpha value is -4.33. The molecular formula is C25H17F13N4. The molecule has 0 fully saturated rings. The van der Waals surface area contributed by atoms with Crippen LogP contribution >= 0.6 is 0 Å². The van der Waals surface area contributed by atoms with Crippen molar-refractivity contribution in [3.05, 3.63) is 58.7 Å². The lowest BCUT2D eigenvalue weighted by molar-refractivity contribution is -0.138. The molecule has 42 heavy (non-hydrogen) atoms. The summed E-state index contributed by atoms with van der Waals surface area (Å²) in [7, 11) is 0. The fourth-order valence-corrected chi connectivity index (χ4v) is 3.30. The molecule has 0 spiro atoms. The van der Waals surface area contributed by atoms with E-state index >= 15 is 0 Å². The van der Waals surface area contributed by atoms with E-state index in [0.29, 0.717) is 21.9 Å². The molecule has 0 N–H and O–H groups in total. The molecule has 0 unspecified atom stereocenters. The van der Waals surface area contributed by atoms with Crippen LogP contribution < -0.4 is 9.80 Å². The monoisotopic (exact) mass is 620 g/mol. The Bertz CT molecular complexity index is 1320. The number of halogens is 13. The molecule has 0 bridgehead atoms. The highest BCUT2D eigenvalue weighted by Crippen LogP contribution is 2.36. The number of anilines is 2. The van der Waals surface area contributed by atoms with Gasteiger partial charge in [0.15, 0.2) is 0 Å². The van der Waals surface area contributed by atoms with Gasteiger partial charge in [-0.15, -0.1) is 6.42 Å². The van der Waals surface area contributed by atoms with E-state index in [2.05, 4.69) is 0 Å². The van der Waals surface area contributed by atoms with E-state index in [-0.39, 0.29) is 5.69 Å². The normalized spacial score (nSPS) is 11.9. The lowest BCUT2D eigenvalue weighted by Gasteiger charge is -2.25. The van der Waals surface area contributed by atoms with Crippen molar-refractivity contribution >= 4 is 11.4 Å². The van der Waals surface area contributed by atoms with Gasteiger partial charge in [-0.3, -0.25) is 0 Å². The third-order valence-electron chi connectivity index (χ3n) is 4.97. The molecular weight excluding hydrogens is 603 g/mol. The van der Waals surface area contributed by atoms with Gasteiger partial charge in [0.1, 0.15) is 19.8 Å². The zero-order valence-electron chi connectivity index (χ0n) is 20.8. The third kappa shape index (κ3) is 11.3. The maximum Gasteiger partial charge on any atom is 0.417 e. The fourth-order valence-electron chi connectivity index (χ4n) is 3.30. The van der Waals surface area contributed by atoms with Crippen molar-refractivity contribution in [1.82, 2.24) is 0 Å². The molecule has 228 valence electrons. The van der Waals surface area contributed by atoms with Gasteiger partial charge in [0, 0.05) is 17.9 Å². The average molecular weight is 620 g/mol. The number of hydrogen-bond donors (Lipinski definition) is 0. The zero-order chi connectivity index (χ0) is 32.5. The summed E-state index contributed by atoms with van der Waals surface area (Å²) in [6.07, 6.45) is -14.1. The Morgan fingerprint density at radius 3 is 1.33 bits per heavy atom. The molecule has 0 aliphatic carbocycles. The van der Waals surface area contributed by atoms with Crippen LogP contribution in [0, 0.1) is 35.0 Å². The van der Waals surface area contributed by atoms with Gasteiger partial charge < -0.3 is 9.80 Å². The number of benzene rings is 2. The number of nitrogens with zero attached hydrogens (tertiary/aromatic N) is 4. The highest BCUT2D eigenvalue weighted by Gasteiger charge is 2.37. The summed E-state index contributed by atoms with van der Waals surface area (Å²) < 4.78 is 163. The van der Waals surface area contributed by atoms with E-state index in [0.717, 1.165) is 24.3 Å². The predicted octanol–water partition coefficient (Wildman–Crippen LogP) is 7.49. The van der Waals surface area contributed by atoms with Gasteiger partial charge in [-0.05, 0) is 36.4 Å². The summed E-state index contributed by atoms with van der Waals surface area (Å²) in [5.74, 6) is 1.96. The van der Waals surface area contributed by atoms with Gasteiger partial charge in [-0.25, -0.2) is 4.39 Å². The lowest BCUT2D eigenvalue weighted by atomic mass is 10.1. The summed E-state index contributed by atoms with van der Waals surface area (Å²) in [6, 6.07) is 7.07. The smallest absolute Gasteiger partial charge is 0.360 e. The quantitative estimate of drug-likeness (QED) is 0.238. The summed E-state index contributed by atoms with van der Waals surface area (Å²) in [4.78, 5) is 1.02. The van der Waals surface area contributed by atoms with Crippen molar-refractivity contribution in [1.29, 1.82) is 10.5 Å². The second-order valence-corrected chi connectivity index (χ2v) is 8.08. The van der Waals surface area contributed by atoms with Crippen LogP contribution in [0.3, 0.4) is 0 Å². The Morgan fingerprint density at radius 1 is 0.643 bits per heavy atom. The molecule has 0 aliphatic rings. The van der Waals surface area contributed by atoms with Gasteiger partial charge in [-0.2, -0.15) is 63.2 Å². The lowest BCUT2D eigenvalue weighted by Crippen LogP contribution is -2.36. The van der Waals surface area contributed by atoms with Crippen LogP contribution in [0.25, 0.3) is 0 Å². The maximum absolute atomic E-state index is 12.8. The van der Waals surface area contributed by atoms with E-state index in [1.807, 2.05) is 5.92 Å². The minimum atomic E-state index is -4.89. The topological polar surface area (TPSA) is 54.1 Å². The molecule has 0 saturated carbocycles. The van der Waals surface area contributed by atoms with Crippen LogP contribution in [0.15, 0.2) is 36.4 Å². The molecule has 0 heterocycles. The molecule has 17 heteroatoms. The summed E-state index contributed by atoms with van der Waals surface area (Å²) >= 11 is 0. The van der Waals surface area contributed by atoms with Crippen molar-refractivity contribution in [2.24, 2.45) is 0 Å². The number of alkyl halides is 13. The van der Waals surface area contributed by atoms with Crippen LogP contribution in [0.2, 0.25) is 0 Å². The highest BCUT2D eigenvalue weighted by atomic mass is 19.4. The number of nitriles is 2. The van der Waals surface area contributed by atoms with Gasteiger partial charge in [0.25, 0.3) is 0 Å². The molecule has 2 aromatic carbocycles. The van der Waals surface area contributed by atoms with E-state index in [1.165, 1.54) is 12.1 Å². The molecule has 0 radical (unpaired) electrons. The molecule has 0 aliphatic heterocycles. The van der Waals surface area contributed by atoms with E-state index in [9.17, 15) is 57.1 Å². The van der Waals surface area contributed by atoms with Crippen molar-refractivity contribution < 1.29 is 57.1 Å². The van der Waals surface area contributed by atoms with Crippen LogP contribution in [0.1, 0.15) is 22.3 Å². The van der Waals surface area contributed by atoms with Gasteiger partial charge in [-0.1, -0.05) is 5.92 Å². The second-order valence-electron chi connectivity index (χ2n) is 8.08. The van der Waals surface area contributed by atoms with E-state index < -0.39 is 85.5 Å². The first kappa shape index (κ1) is 35.7. The number of rotatable bonds is 7. The largest absolute Gasteiger partial charge is 0.417 e. The van der Waals surface area contributed by atoms with E-state index in [4.69, 9.17) is 16.9 Å². The first-order valence-corrected chi connectivity index (χ1v) is 11.0. The Balaban J connectivity index is 0.000000420. The van der Waals surface area contributed by atoms with Crippen LogP contribution in [0.5, 0.6) is 0 Å². The van der Waals surface area contributed by atoms with Crippen molar-refractivity contribution in [2.45, 2.75) is 24.7 Å². The van der Waals surface area contributed by atoms with Crippen LogP contribution in [-0.4, -0.2) is 45.2 Å². The standard InChI is InChI=1S/C13H8F6N2.C12H9F7N2/c1-2-5-21(8-12(14,15)16)10-4-3-9(7-20)11(6-10)13(17,18)19;13-3-4-21(7-11(14,15)16)9-2-1-8(6-20)10(5-9)12(17,18)19/h1,3-4,6H,5,8H2;1-2,5H,3-4,7H2. The molecule has 2 aromatic rings. The first-order chi connectivity index (χ1) is 19.2. The third-order valence-corrected chi connectivity index (χ3v) is 4.97. The van der Waals surface area contributed by atoms with Gasteiger partial charge in [0.05, 0.1) is 40.9 Å². The maximum atomic E-state index is 12.8. The summed E-state index contributed by atoms with van der Waals surface area (Å²) in [6.45, 7) is -5.44. The predicted molar refractivity (Wildman–Crippen MR) is 124 cm³/mol. The zero-order valence-corrected chi connectivity index (χ0v) is 20.8. The molecule has 0 atom stereocenters. The minimum absolute atomic E-state index is 0.350. The Morgan fingerprint density at radius 2 is 1.02 bits per heavy atom. The highest BCUT2D eigenvalue weighted by molar-refractivity contribution is 5.56. The van der Waals surface area contributed by atoms with Crippen molar-refractivity contribution in [2.75, 3.05) is 42.7 Å². The molecule has 4 nitrogen and oxygen atoms in total. The molecule has 2 rings (SSSR count). The fraction of sp³-hybridized carbons (Fsp3) is 0.360. The molecule has 0 amide bonds. The molecule has 0 saturated heterocycles. The van der Waals surface area contributed by atoms with Crippen LogP contribution in [0.4, 0.5) is 68.5 Å². The molecule has 0 aromatic heterocycles. The Kier molecular flexibility index (Phi) is 11.9. The van der Waals surface area contributed by atoms with Crippen molar-refractivity contribution in [3.63, 3.8) is 0 Å². The van der Waals surface area contributed by atoms with E-state index in [1.54, 1.807) is 0 Å². The van der Waals surface area contributed by atoms with Crippen LogP contribution in [-0.2, 0) is 12.4 Å². The summed E-state index contributed by atoms with van der Waals surface area (Å²) in [5.41, 5.74) is -4.83. The second kappa shape index (κ2) is 14.0. The van der Waals surface area contributed by atoms with Gasteiger partial charge >= 0.3 is 24.7 Å².